The molecule has 1 aromatic heterocycles. The lowest BCUT2D eigenvalue weighted by Crippen LogP contribution is -2.03. The third kappa shape index (κ3) is 2.14. The number of rotatable bonds is 4. The number of imidazole rings is 1. The summed E-state index contributed by atoms with van der Waals surface area (Å²) in [7, 11) is 0. The van der Waals surface area contributed by atoms with Gasteiger partial charge in [0.1, 0.15) is 0 Å². The molecular formula is C12H16ClN3. The first-order chi connectivity index (χ1) is 7.72. The molecule has 0 aliphatic heterocycles. The zero-order chi connectivity index (χ0) is 11.5. The lowest BCUT2D eigenvalue weighted by atomic mass is 10.2. The fourth-order valence-electron chi connectivity index (χ4n) is 1.87. The first-order valence-corrected chi connectivity index (χ1v) is 6.01. The average Bonchev–Trinajstić information content (AvgIpc) is 2.56. The topological polar surface area (TPSA) is 43.8 Å². The molecule has 4 heteroatoms. The molecule has 0 radical (unpaired) electrons. The third-order valence-corrected chi connectivity index (χ3v) is 2.96. The summed E-state index contributed by atoms with van der Waals surface area (Å²) in [6.07, 6.45) is 3.53. The number of hydrogen-bond acceptors (Lipinski definition) is 2. The Balaban J connectivity index is 2.34. The Bertz CT molecular complexity index is 490. The van der Waals surface area contributed by atoms with Crippen LogP contribution >= 0.6 is 11.6 Å². The molecule has 1 heterocycles. The van der Waals surface area contributed by atoms with Gasteiger partial charge in [-0.2, -0.15) is 0 Å². The van der Waals surface area contributed by atoms with Gasteiger partial charge in [0, 0.05) is 11.6 Å². The predicted molar refractivity (Wildman–Crippen MR) is 68.7 cm³/mol. The Morgan fingerprint density at radius 3 is 2.94 bits per heavy atom. The van der Waals surface area contributed by atoms with Crippen LogP contribution in [-0.2, 0) is 6.54 Å². The van der Waals surface area contributed by atoms with Gasteiger partial charge in [-0.25, -0.2) is 4.98 Å². The second-order valence-corrected chi connectivity index (χ2v) is 4.40. The Kier molecular flexibility index (Phi) is 3.34. The number of halogens is 1. The van der Waals surface area contributed by atoms with Gasteiger partial charge in [0.15, 0.2) is 0 Å². The summed E-state index contributed by atoms with van der Waals surface area (Å²) in [6, 6.07) is 5.67. The molecule has 2 rings (SSSR count). The Hall–Kier alpha value is -1.22. The number of unbranched alkanes of at least 4 members (excludes halogenated alkanes) is 2. The van der Waals surface area contributed by atoms with E-state index in [9.17, 15) is 0 Å². The molecule has 0 fully saturated rings. The molecule has 3 nitrogen and oxygen atoms in total. The summed E-state index contributed by atoms with van der Waals surface area (Å²) in [6.45, 7) is 3.10. The van der Waals surface area contributed by atoms with Gasteiger partial charge < -0.3 is 10.3 Å². The molecule has 0 amide bonds. The van der Waals surface area contributed by atoms with E-state index in [-0.39, 0.29) is 0 Å². The van der Waals surface area contributed by atoms with Crippen LogP contribution in [0.3, 0.4) is 0 Å². The Morgan fingerprint density at radius 2 is 2.19 bits per heavy atom. The van der Waals surface area contributed by atoms with Crippen LogP contribution in [0.25, 0.3) is 11.0 Å². The number of nitrogen functional groups attached to an aromatic ring is 1. The van der Waals surface area contributed by atoms with E-state index in [0.29, 0.717) is 5.95 Å². The van der Waals surface area contributed by atoms with Crippen molar-refractivity contribution >= 4 is 28.6 Å². The van der Waals surface area contributed by atoms with Crippen LogP contribution in [0.2, 0.25) is 5.02 Å². The van der Waals surface area contributed by atoms with E-state index in [1.165, 1.54) is 12.8 Å². The van der Waals surface area contributed by atoms with Crippen molar-refractivity contribution in [3.8, 4) is 0 Å². The van der Waals surface area contributed by atoms with Gasteiger partial charge in [-0.15, -0.1) is 0 Å². The van der Waals surface area contributed by atoms with E-state index >= 15 is 0 Å². The lowest BCUT2D eigenvalue weighted by Gasteiger charge is -2.05. The molecule has 86 valence electrons. The molecular weight excluding hydrogens is 222 g/mol. The molecule has 2 N–H and O–H groups in total. The molecule has 1 aromatic carbocycles. The molecule has 0 aliphatic carbocycles. The van der Waals surface area contributed by atoms with Crippen molar-refractivity contribution in [2.24, 2.45) is 0 Å². The lowest BCUT2D eigenvalue weighted by molar-refractivity contribution is 0.619. The molecule has 0 aliphatic rings. The van der Waals surface area contributed by atoms with E-state index in [4.69, 9.17) is 17.3 Å². The molecule has 0 atom stereocenters. The van der Waals surface area contributed by atoms with E-state index in [0.717, 1.165) is 29.0 Å². The summed E-state index contributed by atoms with van der Waals surface area (Å²) in [4.78, 5) is 4.32. The Labute approximate surface area is 100 Å². The van der Waals surface area contributed by atoms with Crippen LogP contribution in [-0.4, -0.2) is 9.55 Å². The van der Waals surface area contributed by atoms with E-state index in [1.54, 1.807) is 0 Å². The van der Waals surface area contributed by atoms with E-state index in [2.05, 4.69) is 11.9 Å². The van der Waals surface area contributed by atoms with Crippen molar-refractivity contribution in [2.45, 2.75) is 32.7 Å². The average molecular weight is 238 g/mol. The molecule has 0 unspecified atom stereocenters. The van der Waals surface area contributed by atoms with Gasteiger partial charge in [-0.1, -0.05) is 31.4 Å². The predicted octanol–water partition coefficient (Wildman–Crippen LogP) is 3.46. The normalized spacial score (nSPS) is 11.1. The van der Waals surface area contributed by atoms with Crippen molar-refractivity contribution in [2.75, 3.05) is 5.73 Å². The maximum Gasteiger partial charge on any atom is 0.201 e. The standard InChI is InChI=1S/C12H16ClN3/c1-2-3-4-7-16-11-8-9(13)5-6-10(11)15-12(16)14/h5-6,8H,2-4,7H2,1H3,(H2,14,15). The van der Waals surface area contributed by atoms with Crippen molar-refractivity contribution in [1.29, 1.82) is 0 Å². The summed E-state index contributed by atoms with van der Waals surface area (Å²) in [5.41, 5.74) is 7.84. The van der Waals surface area contributed by atoms with Crippen LogP contribution in [0.15, 0.2) is 18.2 Å². The number of hydrogen-bond donors (Lipinski definition) is 1. The fraction of sp³-hybridized carbons (Fsp3) is 0.417. The van der Waals surface area contributed by atoms with Gasteiger partial charge in [0.05, 0.1) is 11.0 Å². The highest BCUT2D eigenvalue weighted by atomic mass is 35.5. The number of anilines is 1. The minimum atomic E-state index is 0.577. The highest BCUT2D eigenvalue weighted by molar-refractivity contribution is 6.31. The summed E-state index contributed by atoms with van der Waals surface area (Å²) in [5.74, 6) is 0.577. The quantitative estimate of drug-likeness (QED) is 0.828. The highest BCUT2D eigenvalue weighted by Gasteiger charge is 2.07. The maximum atomic E-state index is 5.98. The SMILES string of the molecule is CCCCCn1c(N)nc2ccc(Cl)cc21. The fourth-order valence-corrected chi connectivity index (χ4v) is 2.04. The summed E-state index contributed by atoms with van der Waals surface area (Å²) in [5, 5.41) is 0.726. The van der Waals surface area contributed by atoms with Gasteiger partial charge in [-0.3, -0.25) is 0 Å². The molecule has 2 aromatic rings. The number of fused-ring (bicyclic) bond motifs is 1. The molecule has 0 spiro atoms. The van der Waals surface area contributed by atoms with Crippen molar-refractivity contribution in [1.82, 2.24) is 9.55 Å². The van der Waals surface area contributed by atoms with Gasteiger partial charge in [0.2, 0.25) is 5.95 Å². The van der Waals surface area contributed by atoms with Crippen LogP contribution < -0.4 is 5.73 Å². The first kappa shape index (κ1) is 11.3. The monoisotopic (exact) mass is 237 g/mol. The number of aryl methyl sites for hydroxylation is 1. The minimum absolute atomic E-state index is 0.577. The number of aromatic nitrogens is 2. The zero-order valence-corrected chi connectivity index (χ0v) is 10.2. The van der Waals surface area contributed by atoms with Crippen molar-refractivity contribution < 1.29 is 0 Å². The number of nitrogens with zero attached hydrogens (tertiary/aromatic N) is 2. The minimum Gasteiger partial charge on any atom is -0.369 e. The van der Waals surface area contributed by atoms with E-state index < -0.39 is 0 Å². The largest absolute Gasteiger partial charge is 0.369 e. The molecule has 16 heavy (non-hydrogen) atoms. The van der Waals surface area contributed by atoms with Crippen LogP contribution in [0.4, 0.5) is 5.95 Å². The highest BCUT2D eigenvalue weighted by Crippen LogP contribution is 2.22. The van der Waals surface area contributed by atoms with Crippen molar-refractivity contribution in [3.63, 3.8) is 0 Å². The summed E-state index contributed by atoms with van der Waals surface area (Å²) < 4.78 is 2.04. The second kappa shape index (κ2) is 4.74. The van der Waals surface area contributed by atoms with Gasteiger partial charge in [-0.05, 0) is 24.6 Å². The zero-order valence-electron chi connectivity index (χ0n) is 9.41. The van der Waals surface area contributed by atoms with Crippen molar-refractivity contribution in [3.05, 3.63) is 23.2 Å². The van der Waals surface area contributed by atoms with Gasteiger partial charge >= 0.3 is 0 Å². The second-order valence-electron chi connectivity index (χ2n) is 3.96. The van der Waals surface area contributed by atoms with E-state index in [1.807, 2.05) is 22.8 Å². The molecule has 0 bridgehead atoms. The maximum absolute atomic E-state index is 5.98. The smallest absolute Gasteiger partial charge is 0.201 e. The molecule has 0 saturated heterocycles. The summed E-state index contributed by atoms with van der Waals surface area (Å²) >= 11 is 5.98. The number of benzene rings is 1. The third-order valence-electron chi connectivity index (χ3n) is 2.73. The number of nitrogens with two attached hydrogens (primary N) is 1. The Morgan fingerprint density at radius 1 is 1.38 bits per heavy atom. The van der Waals surface area contributed by atoms with Crippen LogP contribution in [0.5, 0.6) is 0 Å². The molecule has 0 saturated carbocycles. The van der Waals surface area contributed by atoms with Crippen LogP contribution in [0.1, 0.15) is 26.2 Å². The first-order valence-electron chi connectivity index (χ1n) is 5.63. The van der Waals surface area contributed by atoms with Gasteiger partial charge in [0.25, 0.3) is 0 Å². The van der Waals surface area contributed by atoms with Crippen LogP contribution in [0, 0.1) is 0 Å².